The molecule has 0 heterocycles. The summed E-state index contributed by atoms with van der Waals surface area (Å²) in [6.07, 6.45) is 11.7. The van der Waals surface area contributed by atoms with Crippen LogP contribution in [0.2, 0.25) is 39.3 Å². The van der Waals surface area contributed by atoms with Crippen LogP contribution in [0.15, 0.2) is 0 Å². The van der Waals surface area contributed by atoms with Crippen molar-refractivity contribution in [2.45, 2.75) is 97.1 Å². The second-order valence-corrected chi connectivity index (χ2v) is 17.6. The van der Waals surface area contributed by atoms with Gasteiger partial charge in [-0.1, -0.05) is 71.4 Å². The Morgan fingerprint density at radius 1 is 0.476 bits per heavy atom. The van der Waals surface area contributed by atoms with Crippen LogP contribution in [0.4, 0.5) is 0 Å². The molecule has 120 valence electrons. The van der Waals surface area contributed by atoms with Crippen LogP contribution >= 0.6 is 0 Å². The maximum atomic E-state index is 3.44. The zero-order valence-corrected chi connectivity index (χ0v) is 17.4. The Labute approximate surface area is 136 Å². The molecule has 0 nitrogen and oxygen atoms in total. The largest absolute Gasteiger partial charge is 0.132 e. The second kappa shape index (κ2) is 11.2. The predicted octanol–water partition coefficient (Wildman–Crippen LogP) is 6.26. The zero-order chi connectivity index (χ0) is 16.2. The minimum absolute atomic E-state index is 1.11. The Bertz CT molecular complexity index is 336. The highest BCUT2D eigenvalue weighted by Gasteiger charge is 2.07. The summed E-state index contributed by atoms with van der Waals surface area (Å²) >= 11 is 0. The molecule has 0 fully saturated rings. The van der Waals surface area contributed by atoms with E-state index >= 15 is 0 Å². The highest BCUT2D eigenvalue weighted by atomic mass is 28.3. The molecular formula is C19H36Si2. The van der Waals surface area contributed by atoms with Gasteiger partial charge in [0.05, 0.1) is 0 Å². The lowest BCUT2D eigenvalue weighted by Crippen LogP contribution is -2.16. The molecule has 0 aromatic carbocycles. The van der Waals surface area contributed by atoms with Crippen molar-refractivity contribution in [2.75, 3.05) is 0 Å². The van der Waals surface area contributed by atoms with E-state index in [4.69, 9.17) is 0 Å². The van der Waals surface area contributed by atoms with Crippen LogP contribution in [0.5, 0.6) is 0 Å². The lowest BCUT2D eigenvalue weighted by molar-refractivity contribution is 0.587. The van der Waals surface area contributed by atoms with Crippen LogP contribution in [0.1, 0.15) is 57.8 Å². The number of unbranched alkanes of at least 4 members (excludes halogenated alkanes) is 8. The lowest BCUT2D eigenvalue weighted by Gasteiger charge is -2.03. The van der Waals surface area contributed by atoms with E-state index in [1.165, 1.54) is 44.9 Å². The third-order valence-corrected chi connectivity index (χ3v) is 4.88. The normalized spacial score (nSPS) is 11.3. The molecule has 0 radical (unpaired) electrons. The fraction of sp³-hybridized carbons (Fsp3) is 0.789. The van der Waals surface area contributed by atoms with Gasteiger partial charge in [0.15, 0.2) is 0 Å². The first kappa shape index (κ1) is 20.6. The number of hydrogen-bond donors (Lipinski definition) is 0. The summed E-state index contributed by atoms with van der Waals surface area (Å²) in [6, 6.07) is 0. The van der Waals surface area contributed by atoms with E-state index in [-0.39, 0.29) is 0 Å². The van der Waals surface area contributed by atoms with Crippen LogP contribution in [0.25, 0.3) is 0 Å². The first-order valence-electron chi connectivity index (χ1n) is 8.71. The van der Waals surface area contributed by atoms with Gasteiger partial charge in [-0.25, -0.2) is 0 Å². The van der Waals surface area contributed by atoms with Crippen molar-refractivity contribution >= 4 is 16.1 Å². The molecule has 2 heteroatoms. The molecule has 0 aliphatic rings. The summed E-state index contributed by atoms with van der Waals surface area (Å²) in [5, 5.41) is 0. The summed E-state index contributed by atoms with van der Waals surface area (Å²) < 4.78 is 0. The van der Waals surface area contributed by atoms with Gasteiger partial charge in [0.25, 0.3) is 0 Å². The molecule has 0 rings (SSSR count). The third kappa shape index (κ3) is 19.6. The van der Waals surface area contributed by atoms with Gasteiger partial charge in [-0.3, -0.25) is 0 Å². The minimum atomic E-state index is -1.14. The first-order valence-corrected chi connectivity index (χ1v) is 15.7. The Hall–Kier alpha value is -0.446. The Morgan fingerprint density at radius 2 is 0.762 bits per heavy atom. The highest BCUT2D eigenvalue weighted by Crippen LogP contribution is 2.09. The van der Waals surface area contributed by atoms with Crippen molar-refractivity contribution in [3.8, 4) is 22.9 Å². The summed E-state index contributed by atoms with van der Waals surface area (Å²) in [7, 11) is -2.27. The third-order valence-electron chi connectivity index (χ3n) is 3.03. The summed E-state index contributed by atoms with van der Waals surface area (Å²) in [4.78, 5) is 0. The van der Waals surface area contributed by atoms with Gasteiger partial charge in [-0.15, -0.1) is 22.9 Å². The maximum absolute atomic E-state index is 3.44. The molecule has 0 spiro atoms. The minimum Gasteiger partial charge on any atom is -0.132 e. The average molecular weight is 321 g/mol. The molecular weight excluding hydrogens is 284 g/mol. The van der Waals surface area contributed by atoms with Crippen LogP contribution in [-0.4, -0.2) is 16.1 Å². The molecule has 0 aliphatic carbocycles. The average Bonchev–Trinajstić information content (AvgIpc) is 2.32. The Morgan fingerprint density at radius 3 is 1.05 bits per heavy atom. The van der Waals surface area contributed by atoms with Crippen LogP contribution in [0, 0.1) is 22.9 Å². The van der Waals surface area contributed by atoms with Crippen LogP contribution < -0.4 is 0 Å². The topological polar surface area (TPSA) is 0 Å². The van der Waals surface area contributed by atoms with E-state index in [0.29, 0.717) is 0 Å². The number of hydrogen-bond acceptors (Lipinski definition) is 0. The van der Waals surface area contributed by atoms with Crippen LogP contribution in [0.3, 0.4) is 0 Å². The van der Waals surface area contributed by atoms with Gasteiger partial charge in [-0.05, 0) is 12.8 Å². The fourth-order valence-electron chi connectivity index (χ4n) is 1.97. The van der Waals surface area contributed by atoms with Gasteiger partial charge >= 0.3 is 0 Å². The molecule has 0 unspecified atom stereocenters. The Balaban J connectivity index is 3.33. The molecule has 0 aromatic rings. The summed E-state index contributed by atoms with van der Waals surface area (Å²) in [6.45, 7) is 13.9. The van der Waals surface area contributed by atoms with Crippen molar-refractivity contribution < 1.29 is 0 Å². The van der Waals surface area contributed by atoms with E-state index in [1.807, 2.05) is 0 Å². The van der Waals surface area contributed by atoms with Gasteiger partial charge in [0.1, 0.15) is 16.1 Å². The Kier molecular flexibility index (Phi) is 10.9. The standard InChI is InChI=1S/C19H36Si2/c1-20(2,3)18-16-14-12-10-8-7-9-11-13-15-17-19-21(4,5)6/h7-15H2,1-6H3. The van der Waals surface area contributed by atoms with Crippen molar-refractivity contribution in [2.24, 2.45) is 0 Å². The molecule has 0 atom stereocenters. The van der Waals surface area contributed by atoms with Gasteiger partial charge in [0, 0.05) is 12.8 Å². The highest BCUT2D eigenvalue weighted by molar-refractivity contribution is 6.84. The molecule has 0 N–H and O–H groups in total. The zero-order valence-electron chi connectivity index (χ0n) is 15.4. The molecule has 0 bridgehead atoms. The molecule has 0 amide bonds. The fourth-order valence-corrected chi connectivity index (χ4v) is 3.28. The van der Waals surface area contributed by atoms with Gasteiger partial charge in [0.2, 0.25) is 0 Å². The van der Waals surface area contributed by atoms with Crippen molar-refractivity contribution in [1.82, 2.24) is 0 Å². The second-order valence-electron chi connectivity index (χ2n) is 8.08. The molecule has 0 aromatic heterocycles. The van der Waals surface area contributed by atoms with Gasteiger partial charge < -0.3 is 0 Å². The summed E-state index contributed by atoms with van der Waals surface area (Å²) in [5.41, 5.74) is 6.88. The predicted molar refractivity (Wildman–Crippen MR) is 104 cm³/mol. The SMILES string of the molecule is C[Si](C)(C)C#CCCCCCCCCCC#C[Si](C)(C)C. The molecule has 0 saturated carbocycles. The first-order chi connectivity index (χ1) is 9.71. The summed E-state index contributed by atoms with van der Waals surface area (Å²) in [5.74, 6) is 6.72. The quantitative estimate of drug-likeness (QED) is 0.281. The maximum Gasteiger partial charge on any atom is 0.129 e. The van der Waals surface area contributed by atoms with Crippen LogP contribution in [-0.2, 0) is 0 Å². The smallest absolute Gasteiger partial charge is 0.129 e. The monoisotopic (exact) mass is 320 g/mol. The lowest BCUT2D eigenvalue weighted by atomic mass is 10.1. The van der Waals surface area contributed by atoms with E-state index in [1.54, 1.807) is 0 Å². The van der Waals surface area contributed by atoms with E-state index in [2.05, 4.69) is 62.2 Å². The van der Waals surface area contributed by atoms with E-state index in [9.17, 15) is 0 Å². The van der Waals surface area contributed by atoms with E-state index < -0.39 is 16.1 Å². The van der Waals surface area contributed by atoms with Crippen molar-refractivity contribution in [3.63, 3.8) is 0 Å². The van der Waals surface area contributed by atoms with Crippen molar-refractivity contribution in [1.29, 1.82) is 0 Å². The molecule has 21 heavy (non-hydrogen) atoms. The molecule has 0 aliphatic heterocycles. The van der Waals surface area contributed by atoms with Crippen molar-refractivity contribution in [3.05, 3.63) is 0 Å². The molecule has 0 saturated heterocycles. The van der Waals surface area contributed by atoms with Gasteiger partial charge in [-0.2, -0.15) is 0 Å². The van der Waals surface area contributed by atoms with E-state index in [0.717, 1.165) is 12.8 Å². The number of rotatable bonds is 8.